The highest BCUT2D eigenvalue weighted by molar-refractivity contribution is 9.10. The molecular formula is C14H17BrN2. The van der Waals surface area contributed by atoms with E-state index >= 15 is 0 Å². The van der Waals surface area contributed by atoms with Crippen molar-refractivity contribution < 1.29 is 0 Å². The lowest BCUT2D eigenvalue weighted by molar-refractivity contribution is 0.404. The molecule has 1 aromatic heterocycles. The minimum atomic E-state index is 0.454. The molecule has 1 saturated heterocycles. The number of rotatable bonds is 1. The van der Waals surface area contributed by atoms with E-state index in [0.717, 1.165) is 17.1 Å². The minimum absolute atomic E-state index is 0.454. The minimum Gasteiger partial charge on any atom is -0.309 e. The summed E-state index contributed by atoms with van der Waals surface area (Å²) in [5.74, 6) is 1.47. The summed E-state index contributed by atoms with van der Waals surface area (Å²) in [7, 11) is 0. The van der Waals surface area contributed by atoms with Gasteiger partial charge in [-0.05, 0) is 59.3 Å². The van der Waals surface area contributed by atoms with Crippen LogP contribution < -0.4 is 5.32 Å². The molecule has 3 atom stereocenters. The SMILES string of the molecule is Cc1cc(C2NCC3CCC=CC32)cnc1Br. The Bertz CT molecular complexity index is 456. The molecule has 2 heterocycles. The number of hydrogen-bond donors (Lipinski definition) is 1. The Morgan fingerprint density at radius 3 is 3.18 bits per heavy atom. The van der Waals surface area contributed by atoms with E-state index in [4.69, 9.17) is 0 Å². The van der Waals surface area contributed by atoms with Gasteiger partial charge < -0.3 is 5.32 Å². The van der Waals surface area contributed by atoms with Gasteiger partial charge in [-0.15, -0.1) is 0 Å². The topological polar surface area (TPSA) is 24.9 Å². The predicted molar refractivity (Wildman–Crippen MR) is 72.8 cm³/mol. The molecule has 1 aromatic rings. The number of fused-ring (bicyclic) bond motifs is 1. The molecule has 2 nitrogen and oxygen atoms in total. The van der Waals surface area contributed by atoms with Crippen molar-refractivity contribution in [2.45, 2.75) is 25.8 Å². The summed E-state index contributed by atoms with van der Waals surface area (Å²) in [4.78, 5) is 4.41. The van der Waals surface area contributed by atoms with Gasteiger partial charge >= 0.3 is 0 Å². The summed E-state index contributed by atoms with van der Waals surface area (Å²) in [6.07, 6.45) is 9.30. The zero-order chi connectivity index (χ0) is 11.8. The molecule has 2 aliphatic rings. The first-order valence-electron chi connectivity index (χ1n) is 6.28. The first-order valence-corrected chi connectivity index (χ1v) is 7.07. The lowest BCUT2D eigenvalue weighted by Gasteiger charge is -2.24. The van der Waals surface area contributed by atoms with Gasteiger partial charge in [-0.2, -0.15) is 0 Å². The fourth-order valence-corrected chi connectivity index (χ4v) is 3.26. The third-order valence-corrected chi connectivity index (χ3v) is 4.82. The number of nitrogens with zero attached hydrogens (tertiary/aromatic N) is 1. The summed E-state index contributed by atoms with van der Waals surface area (Å²) in [5, 5.41) is 3.66. The predicted octanol–water partition coefficient (Wildman–Crippen LogP) is 3.38. The Hall–Kier alpha value is -0.670. The van der Waals surface area contributed by atoms with Crippen LogP contribution in [0.5, 0.6) is 0 Å². The molecule has 0 bridgehead atoms. The van der Waals surface area contributed by atoms with E-state index in [-0.39, 0.29) is 0 Å². The molecule has 90 valence electrons. The van der Waals surface area contributed by atoms with E-state index in [9.17, 15) is 0 Å². The fourth-order valence-electron chi connectivity index (χ4n) is 3.04. The highest BCUT2D eigenvalue weighted by atomic mass is 79.9. The van der Waals surface area contributed by atoms with Crippen molar-refractivity contribution in [2.24, 2.45) is 11.8 Å². The van der Waals surface area contributed by atoms with Crippen LogP contribution in [0.2, 0.25) is 0 Å². The Morgan fingerprint density at radius 1 is 1.47 bits per heavy atom. The maximum atomic E-state index is 4.41. The number of hydrogen-bond acceptors (Lipinski definition) is 2. The summed E-state index contributed by atoms with van der Waals surface area (Å²) < 4.78 is 0.954. The van der Waals surface area contributed by atoms with E-state index in [1.54, 1.807) is 0 Å². The first-order chi connectivity index (χ1) is 8.25. The second-order valence-corrected chi connectivity index (χ2v) is 5.86. The summed E-state index contributed by atoms with van der Waals surface area (Å²) in [6.45, 7) is 3.25. The highest BCUT2D eigenvalue weighted by Crippen LogP contribution is 2.39. The normalized spacial score (nSPS) is 31.5. The molecule has 3 heteroatoms. The lowest BCUT2D eigenvalue weighted by Crippen LogP contribution is -2.18. The van der Waals surface area contributed by atoms with Gasteiger partial charge in [-0.1, -0.05) is 18.2 Å². The zero-order valence-electron chi connectivity index (χ0n) is 9.99. The molecule has 3 rings (SSSR count). The number of allylic oxidation sites excluding steroid dienone is 1. The average Bonchev–Trinajstić information content (AvgIpc) is 2.76. The third-order valence-electron chi connectivity index (χ3n) is 3.99. The van der Waals surface area contributed by atoms with Crippen LogP contribution in [0, 0.1) is 18.8 Å². The van der Waals surface area contributed by atoms with Gasteiger partial charge in [0.1, 0.15) is 4.60 Å². The van der Waals surface area contributed by atoms with Crippen molar-refractivity contribution in [1.29, 1.82) is 0 Å². The Kier molecular flexibility index (Phi) is 3.05. The van der Waals surface area contributed by atoms with Gasteiger partial charge in [-0.3, -0.25) is 0 Å². The maximum Gasteiger partial charge on any atom is 0.108 e. The van der Waals surface area contributed by atoms with Crippen LogP contribution in [0.25, 0.3) is 0 Å². The summed E-state index contributed by atoms with van der Waals surface area (Å²) >= 11 is 3.46. The van der Waals surface area contributed by atoms with Crippen LogP contribution in [0.15, 0.2) is 29.0 Å². The van der Waals surface area contributed by atoms with Gasteiger partial charge in [0.25, 0.3) is 0 Å². The average molecular weight is 293 g/mol. The Morgan fingerprint density at radius 2 is 2.35 bits per heavy atom. The number of halogens is 1. The van der Waals surface area contributed by atoms with Crippen LogP contribution in [-0.2, 0) is 0 Å². The fraction of sp³-hybridized carbons (Fsp3) is 0.500. The lowest BCUT2D eigenvalue weighted by atomic mass is 9.81. The zero-order valence-corrected chi connectivity index (χ0v) is 11.6. The van der Waals surface area contributed by atoms with Gasteiger partial charge in [0.15, 0.2) is 0 Å². The summed E-state index contributed by atoms with van der Waals surface area (Å²) in [5.41, 5.74) is 2.54. The van der Waals surface area contributed by atoms with Gasteiger partial charge in [0, 0.05) is 18.2 Å². The monoisotopic (exact) mass is 292 g/mol. The van der Waals surface area contributed by atoms with E-state index in [0.29, 0.717) is 12.0 Å². The second-order valence-electron chi connectivity index (χ2n) is 5.11. The molecule has 1 aliphatic heterocycles. The smallest absolute Gasteiger partial charge is 0.108 e. The number of aromatic nitrogens is 1. The van der Waals surface area contributed by atoms with E-state index < -0.39 is 0 Å². The molecule has 1 fully saturated rings. The van der Waals surface area contributed by atoms with Crippen LogP contribution >= 0.6 is 15.9 Å². The van der Waals surface area contributed by atoms with Gasteiger partial charge in [-0.25, -0.2) is 4.98 Å². The van der Waals surface area contributed by atoms with Crippen LogP contribution in [0.4, 0.5) is 0 Å². The van der Waals surface area contributed by atoms with Crippen LogP contribution in [-0.4, -0.2) is 11.5 Å². The molecule has 0 aromatic carbocycles. The molecule has 0 radical (unpaired) electrons. The number of nitrogens with one attached hydrogen (secondary N) is 1. The van der Waals surface area contributed by atoms with Gasteiger partial charge in [0.2, 0.25) is 0 Å². The van der Waals surface area contributed by atoms with E-state index in [1.165, 1.54) is 24.0 Å². The summed E-state index contributed by atoms with van der Waals surface area (Å²) in [6, 6.07) is 2.70. The molecule has 1 N–H and O–H groups in total. The van der Waals surface area contributed by atoms with Crippen molar-refractivity contribution >= 4 is 15.9 Å². The van der Waals surface area contributed by atoms with Crippen molar-refractivity contribution in [1.82, 2.24) is 10.3 Å². The van der Waals surface area contributed by atoms with Crippen LogP contribution in [0.1, 0.15) is 30.0 Å². The number of pyridine rings is 1. The standard InChI is InChI=1S/C14H17BrN2/c1-9-6-11(8-17-14(9)15)13-12-5-3-2-4-10(12)7-16-13/h3,5-6,8,10,12-13,16H,2,4,7H2,1H3. The molecule has 0 saturated carbocycles. The quantitative estimate of drug-likeness (QED) is 0.634. The van der Waals surface area contributed by atoms with Crippen molar-refractivity contribution in [3.63, 3.8) is 0 Å². The molecule has 0 spiro atoms. The largest absolute Gasteiger partial charge is 0.309 e. The van der Waals surface area contributed by atoms with Crippen molar-refractivity contribution in [3.05, 3.63) is 40.1 Å². The Balaban J connectivity index is 1.91. The van der Waals surface area contributed by atoms with Crippen molar-refractivity contribution in [3.8, 4) is 0 Å². The first kappa shape index (κ1) is 11.4. The Labute approximate surface area is 111 Å². The van der Waals surface area contributed by atoms with Crippen molar-refractivity contribution in [2.75, 3.05) is 6.54 Å². The molecular weight excluding hydrogens is 276 g/mol. The highest BCUT2D eigenvalue weighted by Gasteiger charge is 2.35. The second kappa shape index (κ2) is 4.54. The molecule has 17 heavy (non-hydrogen) atoms. The maximum absolute atomic E-state index is 4.41. The number of aryl methyl sites for hydroxylation is 1. The van der Waals surface area contributed by atoms with Gasteiger partial charge in [0.05, 0.1) is 0 Å². The molecule has 3 unspecified atom stereocenters. The molecule has 0 amide bonds. The van der Waals surface area contributed by atoms with E-state index in [2.05, 4.69) is 51.4 Å². The van der Waals surface area contributed by atoms with E-state index in [1.807, 2.05) is 6.20 Å². The third kappa shape index (κ3) is 2.06. The van der Waals surface area contributed by atoms with Crippen LogP contribution in [0.3, 0.4) is 0 Å². The molecule has 1 aliphatic carbocycles.